The van der Waals surface area contributed by atoms with E-state index in [1.807, 2.05) is 27.2 Å². The van der Waals surface area contributed by atoms with Crippen LogP contribution in [-0.2, 0) is 18.4 Å². The number of quaternary nitrogens is 1. The highest BCUT2D eigenvalue weighted by Gasteiger charge is 2.28. The van der Waals surface area contributed by atoms with Crippen LogP contribution in [0.25, 0.3) is 0 Å². The smallest absolute Gasteiger partial charge is 0.387 e. The third-order valence-electron chi connectivity index (χ3n) is 17.1. The molecule has 0 heterocycles. The van der Waals surface area contributed by atoms with Crippen LogP contribution in [0.2, 0.25) is 0 Å². The SMILES string of the molecule is CCCCCCCCCC/C=C\CCCCCCCCCCCCCCCCCCCCCC(=O)NC(COP(=O)(O)OCC[N+](C)(C)C)C(O)/C=C/CC/C=C/CCCCCCCCCCCCCCCCCCCCCCCCCC. The third kappa shape index (κ3) is 68.1. The minimum Gasteiger partial charge on any atom is -0.387 e. The summed E-state index contributed by atoms with van der Waals surface area (Å²) in [5.41, 5.74) is 0. The molecule has 1 amide bonds. The van der Waals surface area contributed by atoms with E-state index < -0.39 is 20.0 Å². The fourth-order valence-electron chi connectivity index (χ4n) is 11.4. The number of nitrogens with zero attached hydrogens (tertiary/aromatic N) is 1. The minimum absolute atomic E-state index is 0.0581. The number of rotatable bonds is 69. The average Bonchev–Trinajstić information content (AvgIpc) is 3.49. The maximum absolute atomic E-state index is 13.1. The summed E-state index contributed by atoms with van der Waals surface area (Å²) in [7, 11) is 1.57. The molecule has 0 aliphatic rings. The van der Waals surface area contributed by atoms with E-state index >= 15 is 0 Å². The number of phosphoric ester groups is 1. The normalized spacial score (nSPS) is 13.8. The highest BCUT2D eigenvalue weighted by molar-refractivity contribution is 7.47. The number of unbranched alkanes of at least 4 members (excludes halogenated alkanes) is 52. The average molecular weight is 1190 g/mol. The summed E-state index contributed by atoms with van der Waals surface area (Å²) in [5, 5.41) is 14.0. The van der Waals surface area contributed by atoms with Gasteiger partial charge in [-0.3, -0.25) is 13.8 Å². The quantitative estimate of drug-likeness (QED) is 0.0243. The van der Waals surface area contributed by atoms with Gasteiger partial charge in [-0.15, -0.1) is 0 Å². The molecule has 0 aromatic heterocycles. The van der Waals surface area contributed by atoms with Crippen molar-refractivity contribution in [2.24, 2.45) is 0 Å². The van der Waals surface area contributed by atoms with E-state index in [1.54, 1.807) is 6.08 Å². The molecule has 0 saturated heterocycles. The Balaban J connectivity index is 4.04. The summed E-state index contributed by atoms with van der Waals surface area (Å²) in [6.45, 7) is 4.86. The van der Waals surface area contributed by atoms with Crippen LogP contribution in [-0.4, -0.2) is 73.4 Å². The summed E-state index contributed by atoms with van der Waals surface area (Å²) in [5.74, 6) is -0.179. The number of hydrogen-bond acceptors (Lipinski definition) is 5. The lowest BCUT2D eigenvalue weighted by atomic mass is 10.0. The second-order valence-corrected chi connectivity index (χ2v) is 28.1. The Labute approximate surface area is 518 Å². The molecule has 492 valence electrons. The lowest BCUT2D eigenvalue weighted by molar-refractivity contribution is -0.870. The number of hydrogen-bond donors (Lipinski definition) is 3. The second kappa shape index (κ2) is 65.2. The zero-order chi connectivity index (χ0) is 60.5. The first-order valence-electron chi connectivity index (χ1n) is 36.9. The topological polar surface area (TPSA) is 105 Å². The second-order valence-electron chi connectivity index (χ2n) is 26.7. The van der Waals surface area contributed by atoms with Gasteiger partial charge in [0.25, 0.3) is 0 Å². The largest absolute Gasteiger partial charge is 0.472 e. The number of likely N-dealkylation sites (N-methyl/N-ethyl adjacent to an activating group) is 1. The van der Waals surface area contributed by atoms with Crippen molar-refractivity contribution >= 4 is 13.7 Å². The monoisotopic (exact) mass is 1190 g/mol. The van der Waals surface area contributed by atoms with Crippen molar-refractivity contribution in [1.82, 2.24) is 5.32 Å². The fourth-order valence-corrected chi connectivity index (χ4v) is 12.1. The van der Waals surface area contributed by atoms with E-state index in [0.717, 1.165) is 38.5 Å². The van der Waals surface area contributed by atoms with Crippen molar-refractivity contribution in [2.75, 3.05) is 40.9 Å². The van der Waals surface area contributed by atoms with Gasteiger partial charge < -0.3 is 19.8 Å². The first kappa shape index (κ1) is 81.7. The van der Waals surface area contributed by atoms with Crippen molar-refractivity contribution in [3.05, 3.63) is 36.5 Å². The molecule has 0 aliphatic carbocycles. The van der Waals surface area contributed by atoms with Gasteiger partial charge in [-0.05, 0) is 57.8 Å². The number of phosphoric acid groups is 1. The van der Waals surface area contributed by atoms with E-state index in [2.05, 4.69) is 43.5 Å². The van der Waals surface area contributed by atoms with Gasteiger partial charge in [-0.2, -0.15) is 0 Å². The standard InChI is InChI=1S/C74H145N2O6P/c1-6-8-10-12-14-16-18-20-22-24-26-28-30-32-34-36-38-40-42-44-46-48-50-52-54-56-58-60-62-64-66-68-74(78)75-72(71-82-83(79,80)81-70-69-76(3,4)5)73(77)67-65-63-61-59-57-55-53-51-49-47-45-43-41-39-37-35-33-31-29-27-25-23-21-19-17-15-13-11-9-7-2/h24,26,57,59,65,67,72-73,77H,6-23,25,27-56,58,60-64,66,68-71H2,1-5H3,(H-,75,78,79,80)/p+1/b26-24-,59-57+,67-65+. The molecule has 3 N–H and O–H groups in total. The first-order valence-corrected chi connectivity index (χ1v) is 38.4. The van der Waals surface area contributed by atoms with Crippen LogP contribution in [0, 0.1) is 0 Å². The number of aliphatic hydroxyl groups is 1. The molecule has 0 aliphatic heterocycles. The zero-order valence-electron chi connectivity index (χ0n) is 56.5. The van der Waals surface area contributed by atoms with Gasteiger partial charge >= 0.3 is 7.82 Å². The van der Waals surface area contributed by atoms with Gasteiger partial charge in [0.15, 0.2) is 0 Å². The predicted octanol–water partition coefficient (Wildman–Crippen LogP) is 23.6. The molecule has 0 aromatic carbocycles. The predicted molar refractivity (Wildman–Crippen MR) is 365 cm³/mol. The Hall–Kier alpha value is -1.28. The number of amides is 1. The van der Waals surface area contributed by atoms with Gasteiger partial charge in [0.1, 0.15) is 13.2 Å². The summed E-state index contributed by atoms with van der Waals surface area (Å²) < 4.78 is 23.8. The highest BCUT2D eigenvalue weighted by Crippen LogP contribution is 2.43. The van der Waals surface area contributed by atoms with Gasteiger partial charge in [0, 0.05) is 6.42 Å². The van der Waals surface area contributed by atoms with Crippen LogP contribution in [0.3, 0.4) is 0 Å². The first-order chi connectivity index (χ1) is 40.5. The third-order valence-corrected chi connectivity index (χ3v) is 18.1. The number of aliphatic hydroxyl groups excluding tert-OH is 1. The number of carbonyl (C=O) groups is 1. The Kier molecular flexibility index (Phi) is 64.2. The molecule has 0 aromatic rings. The molecule has 3 atom stereocenters. The molecule has 8 nitrogen and oxygen atoms in total. The van der Waals surface area contributed by atoms with Gasteiger partial charge in [-0.25, -0.2) is 4.57 Å². The summed E-state index contributed by atoms with van der Waals surface area (Å²) in [6.07, 6.45) is 87.5. The van der Waals surface area contributed by atoms with E-state index in [0.29, 0.717) is 17.4 Å². The van der Waals surface area contributed by atoms with E-state index in [4.69, 9.17) is 9.05 Å². The van der Waals surface area contributed by atoms with Gasteiger partial charge in [0.05, 0.1) is 39.9 Å². The maximum atomic E-state index is 13.1. The fraction of sp³-hybridized carbons (Fsp3) is 0.905. The molecule has 9 heteroatoms. The molecule has 0 spiro atoms. The van der Waals surface area contributed by atoms with E-state index in [1.165, 1.54) is 321 Å². The minimum atomic E-state index is -4.36. The van der Waals surface area contributed by atoms with Gasteiger partial charge in [-0.1, -0.05) is 352 Å². The Morgan fingerprint density at radius 3 is 0.964 bits per heavy atom. The van der Waals surface area contributed by atoms with Crippen LogP contribution in [0.15, 0.2) is 36.5 Å². The highest BCUT2D eigenvalue weighted by atomic mass is 31.2. The van der Waals surface area contributed by atoms with Crippen LogP contribution < -0.4 is 5.32 Å². The number of allylic oxidation sites excluding steroid dienone is 5. The lowest BCUT2D eigenvalue weighted by Crippen LogP contribution is -2.45. The van der Waals surface area contributed by atoms with Crippen LogP contribution >= 0.6 is 7.82 Å². The van der Waals surface area contributed by atoms with Crippen LogP contribution in [0.1, 0.15) is 380 Å². The molecule has 0 saturated carbocycles. The van der Waals surface area contributed by atoms with Gasteiger partial charge in [0.2, 0.25) is 5.91 Å². The molecule has 3 unspecified atom stereocenters. The molecule has 0 radical (unpaired) electrons. The molecule has 0 bridgehead atoms. The van der Waals surface area contributed by atoms with Crippen molar-refractivity contribution in [3.8, 4) is 0 Å². The summed E-state index contributed by atoms with van der Waals surface area (Å²) in [4.78, 5) is 23.4. The van der Waals surface area contributed by atoms with Crippen LogP contribution in [0.4, 0.5) is 0 Å². The van der Waals surface area contributed by atoms with Crippen molar-refractivity contribution in [1.29, 1.82) is 0 Å². The summed E-state index contributed by atoms with van der Waals surface area (Å²) in [6, 6.07) is -0.864. The Morgan fingerprint density at radius 2 is 0.663 bits per heavy atom. The molecule has 0 fully saturated rings. The molecular weight excluding hydrogens is 1040 g/mol. The van der Waals surface area contributed by atoms with E-state index in [-0.39, 0.29) is 19.1 Å². The Morgan fingerprint density at radius 1 is 0.398 bits per heavy atom. The summed E-state index contributed by atoms with van der Waals surface area (Å²) >= 11 is 0. The Bertz CT molecular complexity index is 1450. The van der Waals surface area contributed by atoms with E-state index in [9.17, 15) is 19.4 Å². The lowest BCUT2D eigenvalue weighted by Gasteiger charge is -2.25. The molecular formula is C74H146N2O6P+. The molecule has 0 rings (SSSR count). The maximum Gasteiger partial charge on any atom is 0.472 e. The van der Waals surface area contributed by atoms with Crippen molar-refractivity contribution in [3.63, 3.8) is 0 Å². The number of nitrogens with one attached hydrogen (secondary N) is 1. The zero-order valence-corrected chi connectivity index (χ0v) is 57.4. The van der Waals surface area contributed by atoms with Crippen molar-refractivity contribution < 1.29 is 32.9 Å². The number of carbonyl (C=O) groups excluding carboxylic acids is 1. The van der Waals surface area contributed by atoms with Crippen LogP contribution in [0.5, 0.6) is 0 Å². The molecule has 83 heavy (non-hydrogen) atoms. The van der Waals surface area contributed by atoms with Crippen molar-refractivity contribution in [2.45, 2.75) is 392 Å².